The number of amides is 1. The zero-order valence-electron chi connectivity index (χ0n) is 14.7. The monoisotopic (exact) mass is 464 g/mol. The van der Waals surface area contributed by atoms with Gasteiger partial charge in [-0.2, -0.15) is 0 Å². The van der Waals surface area contributed by atoms with Crippen LogP contribution >= 0.6 is 28.1 Å². The summed E-state index contributed by atoms with van der Waals surface area (Å²) in [6.45, 7) is 2.24. The van der Waals surface area contributed by atoms with E-state index in [-0.39, 0.29) is 16.7 Å². The normalized spacial score (nSPS) is 13.7. The molecule has 2 aromatic carbocycles. The predicted molar refractivity (Wildman–Crippen MR) is 114 cm³/mol. The highest BCUT2D eigenvalue weighted by molar-refractivity contribution is 9.10. The molecule has 1 saturated heterocycles. The molecular weight excluding hydrogens is 448 g/mol. The largest absolute Gasteiger partial charge is 0.378 e. The van der Waals surface area contributed by atoms with E-state index in [1.807, 2.05) is 4.90 Å². The van der Waals surface area contributed by atoms with Crippen LogP contribution in [0.5, 0.6) is 0 Å². The molecule has 1 aliphatic rings. The molecule has 3 rings (SSSR count). The molecule has 0 unspecified atom stereocenters. The molecule has 0 aliphatic carbocycles. The molecule has 1 aliphatic heterocycles. The van der Waals surface area contributed by atoms with Crippen LogP contribution in [0, 0.1) is 10.1 Å². The summed E-state index contributed by atoms with van der Waals surface area (Å²) in [7, 11) is 0. The summed E-state index contributed by atoms with van der Waals surface area (Å²) in [6, 6.07) is 11.7. The predicted octanol–water partition coefficient (Wildman–Crippen LogP) is 3.32. The topological polar surface area (TPSA) is 96.7 Å². The summed E-state index contributed by atoms with van der Waals surface area (Å²) in [5.41, 5.74) is 1.34. The van der Waals surface area contributed by atoms with E-state index in [0.717, 1.165) is 0 Å². The van der Waals surface area contributed by atoms with Crippen LogP contribution < -0.4 is 15.5 Å². The number of carbonyl (C=O) groups is 1. The molecule has 10 heteroatoms. The lowest BCUT2D eigenvalue weighted by Gasteiger charge is -2.28. The Bertz CT molecular complexity index is 918. The van der Waals surface area contributed by atoms with Crippen molar-refractivity contribution < 1.29 is 14.5 Å². The number of hydrogen-bond acceptors (Lipinski definition) is 6. The van der Waals surface area contributed by atoms with E-state index in [0.29, 0.717) is 47.7 Å². The van der Waals surface area contributed by atoms with Crippen LogP contribution in [0.15, 0.2) is 46.9 Å². The summed E-state index contributed by atoms with van der Waals surface area (Å²) >= 11 is 8.48. The van der Waals surface area contributed by atoms with Gasteiger partial charge in [0.25, 0.3) is 11.6 Å². The van der Waals surface area contributed by atoms with E-state index in [1.54, 1.807) is 36.4 Å². The molecule has 146 valence electrons. The molecule has 1 fully saturated rings. The second kappa shape index (κ2) is 9.09. The lowest BCUT2D eigenvalue weighted by molar-refractivity contribution is -0.384. The SMILES string of the molecule is O=C(NC(=S)Nc1ccc(N2CCOCC2)c([N+](=O)[O-])c1)c1ccccc1Br. The molecule has 0 atom stereocenters. The lowest BCUT2D eigenvalue weighted by atomic mass is 10.2. The molecular formula is C18H17BrN4O4S. The minimum Gasteiger partial charge on any atom is -0.378 e. The van der Waals surface area contributed by atoms with Crippen molar-refractivity contribution in [3.63, 3.8) is 0 Å². The summed E-state index contributed by atoms with van der Waals surface area (Å²) in [5.74, 6) is -0.385. The highest BCUT2D eigenvalue weighted by Crippen LogP contribution is 2.31. The number of benzene rings is 2. The van der Waals surface area contributed by atoms with Gasteiger partial charge in [0.05, 0.1) is 23.7 Å². The smallest absolute Gasteiger partial charge is 0.294 e. The lowest BCUT2D eigenvalue weighted by Crippen LogP contribution is -2.36. The number of halogens is 1. The average molecular weight is 465 g/mol. The van der Waals surface area contributed by atoms with E-state index < -0.39 is 4.92 Å². The number of nitrogens with one attached hydrogen (secondary N) is 2. The Balaban J connectivity index is 1.72. The standard InChI is InChI=1S/C18H17BrN4O4S/c19-14-4-2-1-3-13(14)17(24)21-18(28)20-12-5-6-15(16(11-12)23(25)26)22-7-9-27-10-8-22/h1-6,11H,7-10H2,(H2,20,21,24,28). The fraction of sp³-hybridized carbons (Fsp3) is 0.222. The molecule has 2 aromatic rings. The highest BCUT2D eigenvalue weighted by Gasteiger charge is 2.22. The molecule has 1 amide bonds. The van der Waals surface area contributed by atoms with Crippen LogP contribution in [0.3, 0.4) is 0 Å². The molecule has 1 heterocycles. The number of nitro groups is 1. The quantitative estimate of drug-likeness (QED) is 0.406. The maximum Gasteiger partial charge on any atom is 0.294 e. The Kier molecular flexibility index (Phi) is 6.55. The van der Waals surface area contributed by atoms with Gasteiger partial charge < -0.3 is 15.0 Å². The van der Waals surface area contributed by atoms with Crippen molar-refractivity contribution in [2.75, 3.05) is 36.5 Å². The summed E-state index contributed by atoms with van der Waals surface area (Å²) < 4.78 is 5.93. The molecule has 0 bridgehead atoms. The number of carbonyl (C=O) groups excluding carboxylic acids is 1. The Morgan fingerprint density at radius 3 is 2.61 bits per heavy atom. The Morgan fingerprint density at radius 2 is 1.93 bits per heavy atom. The van der Waals surface area contributed by atoms with Gasteiger partial charge in [0.15, 0.2) is 5.11 Å². The zero-order valence-corrected chi connectivity index (χ0v) is 17.1. The number of rotatable bonds is 4. The summed E-state index contributed by atoms with van der Waals surface area (Å²) in [4.78, 5) is 25.3. The molecule has 0 radical (unpaired) electrons. The van der Waals surface area contributed by atoms with Crippen LogP contribution in [0.1, 0.15) is 10.4 Å². The van der Waals surface area contributed by atoms with Crippen molar-refractivity contribution in [3.8, 4) is 0 Å². The Hall–Kier alpha value is -2.56. The molecule has 0 aromatic heterocycles. The van der Waals surface area contributed by atoms with Gasteiger partial charge in [-0.25, -0.2) is 0 Å². The first kappa shape index (κ1) is 20.2. The maximum absolute atomic E-state index is 12.3. The average Bonchev–Trinajstić information content (AvgIpc) is 2.68. The first-order chi connectivity index (χ1) is 13.5. The van der Waals surface area contributed by atoms with Gasteiger partial charge in [0.2, 0.25) is 0 Å². The number of nitro benzene ring substituents is 1. The van der Waals surface area contributed by atoms with Crippen LogP contribution in [-0.2, 0) is 4.74 Å². The van der Waals surface area contributed by atoms with Crippen molar-refractivity contribution in [2.45, 2.75) is 0 Å². The second-order valence-corrected chi connectivity index (χ2v) is 7.21. The minimum atomic E-state index is -0.432. The van der Waals surface area contributed by atoms with Gasteiger partial charge in [0, 0.05) is 29.3 Å². The fourth-order valence-electron chi connectivity index (χ4n) is 2.80. The number of hydrogen-bond donors (Lipinski definition) is 2. The van der Waals surface area contributed by atoms with Crippen molar-refractivity contribution in [3.05, 3.63) is 62.6 Å². The van der Waals surface area contributed by atoms with E-state index in [4.69, 9.17) is 17.0 Å². The van der Waals surface area contributed by atoms with E-state index in [9.17, 15) is 14.9 Å². The highest BCUT2D eigenvalue weighted by atomic mass is 79.9. The van der Waals surface area contributed by atoms with Gasteiger partial charge in [0.1, 0.15) is 5.69 Å². The van der Waals surface area contributed by atoms with Crippen molar-refractivity contribution >= 4 is 56.2 Å². The first-order valence-electron chi connectivity index (χ1n) is 8.43. The third kappa shape index (κ3) is 4.83. The molecule has 28 heavy (non-hydrogen) atoms. The van der Waals surface area contributed by atoms with Crippen LogP contribution in [0.25, 0.3) is 0 Å². The maximum atomic E-state index is 12.3. The molecule has 2 N–H and O–H groups in total. The van der Waals surface area contributed by atoms with Crippen LogP contribution in [-0.4, -0.2) is 42.2 Å². The minimum absolute atomic E-state index is 0.0353. The van der Waals surface area contributed by atoms with Gasteiger partial charge >= 0.3 is 0 Å². The number of morpholine rings is 1. The van der Waals surface area contributed by atoms with Crippen LogP contribution in [0.4, 0.5) is 17.1 Å². The third-order valence-electron chi connectivity index (χ3n) is 4.13. The van der Waals surface area contributed by atoms with E-state index in [1.165, 1.54) is 6.07 Å². The van der Waals surface area contributed by atoms with E-state index >= 15 is 0 Å². The van der Waals surface area contributed by atoms with Gasteiger partial charge in [-0.15, -0.1) is 0 Å². The number of ether oxygens (including phenoxy) is 1. The Morgan fingerprint density at radius 1 is 1.21 bits per heavy atom. The number of anilines is 2. The molecule has 8 nitrogen and oxygen atoms in total. The first-order valence-corrected chi connectivity index (χ1v) is 9.64. The fourth-order valence-corrected chi connectivity index (χ4v) is 3.47. The van der Waals surface area contributed by atoms with Crippen LogP contribution in [0.2, 0.25) is 0 Å². The zero-order chi connectivity index (χ0) is 20.1. The number of nitrogens with zero attached hydrogens (tertiary/aromatic N) is 2. The Labute approximate surface area is 175 Å². The summed E-state index contributed by atoms with van der Waals surface area (Å²) in [5, 5.41) is 17.0. The van der Waals surface area contributed by atoms with Crippen molar-refractivity contribution in [1.82, 2.24) is 5.32 Å². The van der Waals surface area contributed by atoms with Crippen molar-refractivity contribution in [1.29, 1.82) is 0 Å². The summed E-state index contributed by atoms with van der Waals surface area (Å²) in [6.07, 6.45) is 0. The van der Waals surface area contributed by atoms with Gasteiger partial charge in [-0.05, 0) is 52.4 Å². The van der Waals surface area contributed by atoms with E-state index in [2.05, 4.69) is 26.6 Å². The third-order valence-corrected chi connectivity index (χ3v) is 5.02. The second-order valence-electron chi connectivity index (χ2n) is 5.95. The molecule has 0 spiro atoms. The number of thiocarbonyl (C=S) groups is 1. The molecule has 0 saturated carbocycles. The van der Waals surface area contributed by atoms with Gasteiger partial charge in [-0.3, -0.25) is 20.2 Å². The van der Waals surface area contributed by atoms with Crippen molar-refractivity contribution in [2.24, 2.45) is 0 Å². The van der Waals surface area contributed by atoms with Gasteiger partial charge in [-0.1, -0.05) is 12.1 Å².